The van der Waals surface area contributed by atoms with Gasteiger partial charge < -0.3 is 10.6 Å². The van der Waals surface area contributed by atoms with Gasteiger partial charge in [0.25, 0.3) is 5.91 Å². The first kappa shape index (κ1) is 12.0. The minimum atomic E-state index is -0.552. The van der Waals surface area contributed by atoms with E-state index in [0.29, 0.717) is 5.84 Å². The number of benzene rings is 1. The van der Waals surface area contributed by atoms with E-state index in [0.717, 1.165) is 41.7 Å². The lowest BCUT2D eigenvalue weighted by Gasteiger charge is -2.28. The zero-order valence-electron chi connectivity index (χ0n) is 10.8. The molecule has 1 amide bonds. The van der Waals surface area contributed by atoms with Gasteiger partial charge in [-0.15, -0.1) is 11.3 Å². The van der Waals surface area contributed by atoms with E-state index in [1.807, 2.05) is 23.7 Å². The van der Waals surface area contributed by atoms with Crippen LogP contribution in [-0.4, -0.2) is 35.4 Å². The summed E-state index contributed by atoms with van der Waals surface area (Å²) in [5.74, 6) is 0.741. The SMILES string of the molecule is O=C1NC(c2ccc3ncsc3c2)=NC12CCNCC2. The van der Waals surface area contributed by atoms with Gasteiger partial charge >= 0.3 is 0 Å². The molecule has 20 heavy (non-hydrogen) atoms. The number of nitrogens with one attached hydrogen (secondary N) is 2. The lowest BCUT2D eigenvalue weighted by Crippen LogP contribution is -2.47. The highest BCUT2D eigenvalue weighted by molar-refractivity contribution is 7.16. The Balaban J connectivity index is 1.74. The van der Waals surface area contributed by atoms with Gasteiger partial charge in [-0.05, 0) is 44.1 Å². The Morgan fingerprint density at radius 2 is 2.10 bits per heavy atom. The molecular weight excluding hydrogens is 272 g/mol. The third kappa shape index (κ3) is 1.76. The smallest absolute Gasteiger partial charge is 0.253 e. The molecule has 2 aliphatic heterocycles. The van der Waals surface area contributed by atoms with Crippen LogP contribution in [0.25, 0.3) is 10.2 Å². The van der Waals surface area contributed by atoms with Crippen LogP contribution in [0.3, 0.4) is 0 Å². The molecule has 6 heteroatoms. The second kappa shape index (κ2) is 4.36. The van der Waals surface area contributed by atoms with Gasteiger partial charge in [-0.1, -0.05) is 0 Å². The van der Waals surface area contributed by atoms with Gasteiger partial charge in [-0.25, -0.2) is 4.98 Å². The Bertz CT molecular complexity index is 715. The highest BCUT2D eigenvalue weighted by atomic mass is 32.1. The highest BCUT2D eigenvalue weighted by Gasteiger charge is 2.44. The van der Waals surface area contributed by atoms with Crippen molar-refractivity contribution in [2.75, 3.05) is 13.1 Å². The molecule has 5 nitrogen and oxygen atoms in total. The molecule has 1 aromatic carbocycles. The summed E-state index contributed by atoms with van der Waals surface area (Å²) in [6.45, 7) is 1.69. The summed E-state index contributed by atoms with van der Waals surface area (Å²) in [7, 11) is 0. The maximum absolute atomic E-state index is 12.3. The number of fused-ring (bicyclic) bond motifs is 1. The van der Waals surface area contributed by atoms with Crippen LogP contribution >= 0.6 is 11.3 Å². The lowest BCUT2D eigenvalue weighted by molar-refractivity contribution is -0.124. The molecule has 2 N–H and O–H groups in total. The molecular formula is C14H14N4OS. The third-order valence-electron chi connectivity index (χ3n) is 4.02. The summed E-state index contributed by atoms with van der Waals surface area (Å²) in [6, 6.07) is 6.00. The van der Waals surface area contributed by atoms with Crippen LogP contribution in [0.15, 0.2) is 28.7 Å². The topological polar surface area (TPSA) is 66.4 Å². The average molecular weight is 286 g/mol. The second-order valence-corrected chi connectivity index (χ2v) is 6.12. The van der Waals surface area contributed by atoms with E-state index in [1.54, 1.807) is 11.3 Å². The van der Waals surface area contributed by atoms with E-state index in [2.05, 4.69) is 15.6 Å². The number of carbonyl (C=O) groups is 1. The second-order valence-electron chi connectivity index (χ2n) is 5.23. The van der Waals surface area contributed by atoms with Crippen LogP contribution < -0.4 is 10.6 Å². The Morgan fingerprint density at radius 3 is 2.95 bits per heavy atom. The Labute approximate surface area is 120 Å². The van der Waals surface area contributed by atoms with Gasteiger partial charge in [-0.2, -0.15) is 0 Å². The summed E-state index contributed by atoms with van der Waals surface area (Å²) in [5, 5.41) is 6.23. The first-order valence-electron chi connectivity index (χ1n) is 6.73. The fourth-order valence-corrected chi connectivity index (χ4v) is 3.55. The van der Waals surface area contributed by atoms with Gasteiger partial charge in [0.2, 0.25) is 0 Å². The summed E-state index contributed by atoms with van der Waals surface area (Å²) < 4.78 is 1.12. The number of amides is 1. The van der Waals surface area contributed by atoms with Crippen molar-refractivity contribution in [3.63, 3.8) is 0 Å². The van der Waals surface area contributed by atoms with Crippen LogP contribution in [0.4, 0.5) is 0 Å². The summed E-state index contributed by atoms with van der Waals surface area (Å²) in [6.07, 6.45) is 1.54. The first-order valence-corrected chi connectivity index (χ1v) is 7.60. The van der Waals surface area contributed by atoms with E-state index in [4.69, 9.17) is 4.99 Å². The van der Waals surface area contributed by atoms with Crippen molar-refractivity contribution in [2.45, 2.75) is 18.4 Å². The Kier molecular flexibility index (Phi) is 2.61. The van der Waals surface area contributed by atoms with Gasteiger partial charge in [0.05, 0.1) is 15.7 Å². The van der Waals surface area contributed by atoms with E-state index >= 15 is 0 Å². The number of carbonyl (C=O) groups excluding carboxylic acids is 1. The average Bonchev–Trinajstić information content (AvgIpc) is 3.05. The number of nitrogens with zero attached hydrogens (tertiary/aromatic N) is 2. The number of thiazole rings is 1. The Hall–Kier alpha value is -1.79. The predicted molar refractivity (Wildman–Crippen MR) is 79.1 cm³/mol. The van der Waals surface area contributed by atoms with Crippen molar-refractivity contribution in [1.29, 1.82) is 0 Å². The fourth-order valence-electron chi connectivity index (χ4n) is 2.83. The molecule has 0 unspecified atom stereocenters. The summed E-state index contributed by atoms with van der Waals surface area (Å²) in [5.41, 5.74) is 3.23. The normalized spacial score (nSPS) is 21.2. The molecule has 102 valence electrons. The molecule has 1 fully saturated rings. The molecule has 1 aromatic heterocycles. The van der Waals surface area contributed by atoms with Crippen molar-refractivity contribution < 1.29 is 4.79 Å². The maximum Gasteiger partial charge on any atom is 0.253 e. The molecule has 0 saturated carbocycles. The van der Waals surface area contributed by atoms with Gasteiger partial charge in [0, 0.05) is 5.56 Å². The number of aliphatic imine (C=N–C) groups is 1. The van der Waals surface area contributed by atoms with Crippen molar-refractivity contribution >= 4 is 33.3 Å². The number of hydrogen-bond donors (Lipinski definition) is 2. The molecule has 2 aromatic rings. The summed E-state index contributed by atoms with van der Waals surface area (Å²) in [4.78, 5) is 21.3. The van der Waals surface area contributed by atoms with Crippen LogP contribution in [0.5, 0.6) is 0 Å². The highest BCUT2D eigenvalue weighted by Crippen LogP contribution is 2.29. The third-order valence-corrected chi connectivity index (χ3v) is 4.81. The van der Waals surface area contributed by atoms with E-state index < -0.39 is 5.54 Å². The molecule has 1 spiro atoms. The van der Waals surface area contributed by atoms with Crippen molar-refractivity contribution in [3.8, 4) is 0 Å². The van der Waals surface area contributed by atoms with Crippen LogP contribution in [0.1, 0.15) is 18.4 Å². The molecule has 0 aliphatic carbocycles. The minimum Gasteiger partial charge on any atom is -0.317 e. The molecule has 4 rings (SSSR count). The number of rotatable bonds is 1. The molecule has 0 radical (unpaired) electrons. The Morgan fingerprint density at radius 1 is 1.25 bits per heavy atom. The van der Waals surface area contributed by atoms with E-state index in [9.17, 15) is 4.79 Å². The van der Waals surface area contributed by atoms with E-state index in [1.165, 1.54) is 0 Å². The first-order chi connectivity index (χ1) is 9.77. The van der Waals surface area contributed by atoms with E-state index in [-0.39, 0.29) is 5.91 Å². The number of piperidine rings is 1. The predicted octanol–water partition coefficient (Wildman–Crippen LogP) is 1.29. The van der Waals surface area contributed by atoms with Crippen molar-refractivity contribution in [2.24, 2.45) is 4.99 Å². The van der Waals surface area contributed by atoms with Crippen LogP contribution in [0.2, 0.25) is 0 Å². The van der Waals surface area contributed by atoms with Crippen molar-refractivity contribution in [1.82, 2.24) is 15.6 Å². The monoisotopic (exact) mass is 286 g/mol. The van der Waals surface area contributed by atoms with Crippen molar-refractivity contribution in [3.05, 3.63) is 29.3 Å². The van der Waals surface area contributed by atoms with Gasteiger partial charge in [-0.3, -0.25) is 9.79 Å². The van der Waals surface area contributed by atoms with Crippen LogP contribution in [-0.2, 0) is 4.79 Å². The number of hydrogen-bond acceptors (Lipinski definition) is 5. The fraction of sp³-hybridized carbons (Fsp3) is 0.357. The van der Waals surface area contributed by atoms with Crippen LogP contribution in [0, 0.1) is 0 Å². The molecule has 1 saturated heterocycles. The summed E-state index contributed by atoms with van der Waals surface area (Å²) >= 11 is 1.60. The molecule has 0 bridgehead atoms. The molecule has 3 heterocycles. The zero-order chi connectivity index (χ0) is 13.6. The van der Waals surface area contributed by atoms with Gasteiger partial charge in [0.1, 0.15) is 11.4 Å². The molecule has 2 aliphatic rings. The maximum atomic E-state index is 12.3. The number of aromatic nitrogens is 1. The quantitative estimate of drug-likeness (QED) is 0.830. The largest absolute Gasteiger partial charge is 0.317 e. The minimum absolute atomic E-state index is 0.0402. The zero-order valence-corrected chi connectivity index (χ0v) is 11.7. The van der Waals surface area contributed by atoms with Gasteiger partial charge in [0.15, 0.2) is 0 Å². The lowest BCUT2D eigenvalue weighted by atomic mass is 9.89. The standard InChI is InChI=1S/C14H14N4OS/c19-13-14(3-5-15-6-4-14)18-12(17-13)9-1-2-10-11(7-9)20-8-16-10/h1-2,7-8,15H,3-6H2,(H,17,18,19). The number of amidine groups is 1. The molecule has 0 atom stereocenters.